The lowest BCUT2D eigenvalue weighted by atomic mass is 10.6. The number of carbonyl (C=O) groups is 1. The van der Waals surface area contributed by atoms with Crippen LogP contribution in [-0.2, 0) is 4.74 Å². The van der Waals surface area contributed by atoms with Gasteiger partial charge in [0.05, 0.1) is 19.8 Å². The van der Waals surface area contributed by atoms with E-state index in [0.29, 0.717) is 6.61 Å². The van der Waals surface area contributed by atoms with Gasteiger partial charge in [0.2, 0.25) is 0 Å². The summed E-state index contributed by atoms with van der Waals surface area (Å²) in [5.74, 6) is 0. The first-order valence-corrected chi connectivity index (χ1v) is 3.06. The van der Waals surface area contributed by atoms with Crippen LogP contribution in [0.3, 0.4) is 0 Å². The van der Waals surface area contributed by atoms with E-state index in [1.165, 1.54) is 4.90 Å². The first-order valence-electron chi connectivity index (χ1n) is 3.06. The summed E-state index contributed by atoms with van der Waals surface area (Å²) in [6.07, 6.45) is -0.423. The van der Waals surface area contributed by atoms with E-state index in [1.807, 2.05) is 0 Å². The molecule has 0 aromatic rings. The van der Waals surface area contributed by atoms with Gasteiger partial charge in [0.1, 0.15) is 0 Å². The number of nitrogens with zero attached hydrogens (tertiary/aromatic N) is 1. The molecule has 0 spiro atoms. The predicted octanol–water partition coefficient (Wildman–Crippen LogP) is 0.609. The third kappa shape index (κ3) is 3.29. The van der Waals surface area contributed by atoms with Gasteiger partial charge in [-0.3, -0.25) is 0 Å². The normalized spacial score (nSPS) is 9.10. The van der Waals surface area contributed by atoms with Crippen molar-refractivity contribution in [2.75, 3.05) is 20.2 Å². The molecule has 1 N–H and O–H groups in total. The Hall–Kier alpha value is -0.770. The molecule has 0 saturated carbocycles. The van der Waals surface area contributed by atoms with Crippen molar-refractivity contribution in [2.45, 2.75) is 6.92 Å². The second-order valence-electron chi connectivity index (χ2n) is 1.76. The quantitative estimate of drug-likeness (QED) is 0.634. The Bertz CT molecular complexity index is 105. The SMILES string of the molecule is CCOC(=O)N(C)C[CH]O. The molecular formula is C6H12NO3. The van der Waals surface area contributed by atoms with Crippen LogP contribution in [0.15, 0.2) is 0 Å². The number of ether oxygens (including phenoxy) is 1. The van der Waals surface area contributed by atoms with E-state index in [-0.39, 0.29) is 6.54 Å². The summed E-state index contributed by atoms with van der Waals surface area (Å²) < 4.78 is 4.61. The number of aliphatic hydroxyl groups excluding tert-OH is 1. The highest BCUT2D eigenvalue weighted by Gasteiger charge is 2.06. The molecule has 1 radical (unpaired) electrons. The van der Waals surface area contributed by atoms with Crippen molar-refractivity contribution >= 4 is 6.09 Å². The first kappa shape index (κ1) is 9.23. The molecule has 10 heavy (non-hydrogen) atoms. The summed E-state index contributed by atoms with van der Waals surface area (Å²) in [5, 5.41) is 8.28. The predicted molar refractivity (Wildman–Crippen MR) is 35.9 cm³/mol. The second-order valence-corrected chi connectivity index (χ2v) is 1.76. The summed E-state index contributed by atoms with van der Waals surface area (Å²) in [6, 6.07) is 0. The molecule has 0 aliphatic heterocycles. The topological polar surface area (TPSA) is 49.8 Å². The van der Waals surface area contributed by atoms with E-state index < -0.39 is 6.09 Å². The van der Waals surface area contributed by atoms with Crippen molar-refractivity contribution in [2.24, 2.45) is 0 Å². The molecule has 0 aromatic heterocycles. The zero-order valence-corrected chi connectivity index (χ0v) is 6.20. The van der Waals surface area contributed by atoms with Crippen LogP contribution in [0.4, 0.5) is 4.79 Å². The van der Waals surface area contributed by atoms with Gasteiger partial charge in [-0.05, 0) is 6.92 Å². The molecule has 0 atom stereocenters. The van der Waals surface area contributed by atoms with Crippen LogP contribution >= 0.6 is 0 Å². The van der Waals surface area contributed by atoms with Gasteiger partial charge in [0.25, 0.3) is 0 Å². The third-order valence-electron chi connectivity index (χ3n) is 0.935. The van der Waals surface area contributed by atoms with Gasteiger partial charge in [0, 0.05) is 7.05 Å². The minimum atomic E-state index is -0.423. The van der Waals surface area contributed by atoms with Gasteiger partial charge < -0.3 is 14.7 Å². The van der Waals surface area contributed by atoms with E-state index >= 15 is 0 Å². The maximum absolute atomic E-state index is 10.7. The average Bonchev–Trinajstić information content (AvgIpc) is 1.89. The van der Waals surface area contributed by atoms with E-state index in [2.05, 4.69) is 4.74 Å². The lowest BCUT2D eigenvalue weighted by molar-refractivity contribution is 0.114. The van der Waals surface area contributed by atoms with Gasteiger partial charge in [-0.2, -0.15) is 0 Å². The highest BCUT2D eigenvalue weighted by atomic mass is 16.6. The number of hydrogen-bond donors (Lipinski definition) is 1. The minimum Gasteiger partial charge on any atom is -0.450 e. The molecule has 0 saturated heterocycles. The van der Waals surface area contributed by atoms with Crippen LogP contribution in [0, 0.1) is 6.61 Å². The number of aliphatic hydroxyl groups is 1. The van der Waals surface area contributed by atoms with Gasteiger partial charge in [-0.25, -0.2) is 4.79 Å². The Morgan fingerprint density at radius 3 is 2.80 bits per heavy atom. The largest absolute Gasteiger partial charge is 0.450 e. The average molecular weight is 146 g/mol. The molecule has 0 heterocycles. The number of carbonyl (C=O) groups excluding carboxylic acids is 1. The standard InChI is InChI=1S/C6H12NO3/c1-3-10-6(9)7(2)4-5-8/h5,8H,3-4H2,1-2H3. The van der Waals surface area contributed by atoms with Crippen LogP contribution < -0.4 is 0 Å². The van der Waals surface area contributed by atoms with Gasteiger partial charge in [-0.1, -0.05) is 0 Å². The fraction of sp³-hybridized carbons (Fsp3) is 0.667. The zero-order valence-electron chi connectivity index (χ0n) is 6.20. The van der Waals surface area contributed by atoms with Crippen molar-refractivity contribution in [3.8, 4) is 0 Å². The molecule has 1 amide bonds. The highest BCUT2D eigenvalue weighted by Crippen LogP contribution is 1.89. The molecule has 0 fully saturated rings. The van der Waals surface area contributed by atoms with Crippen LogP contribution in [0.5, 0.6) is 0 Å². The van der Waals surface area contributed by atoms with Crippen LogP contribution in [-0.4, -0.2) is 36.3 Å². The summed E-state index contributed by atoms with van der Waals surface area (Å²) in [6.45, 7) is 3.18. The third-order valence-corrected chi connectivity index (χ3v) is 0.935. The number of amides is 1. The molecule has 0 aliphatic carbocycles. The Kier molecular flexibility index (Phi) is 4.66. The molecule has 4 heteroatoms. The maximum Gasteiger partial charge on any atom is 0.409 e. The van der Waals surface area contributed by atoms with E-state index in [0.717, 1.165) is 6.61 Å². The highest BCUT2D eigenvalue weighted by molar-refractivity contribution is 5.67. The van der Waals surface area contributed by atoms with Crippen molar-refractivity contribution < 1.29 is 14.6 Å². The molecular weight excluding hydrogens is 134 g/mol. The molecule has 0 bridgehead atoms. The van der Waals surface area contributed by atoms with E-state index in [1.54, 1.807) is 14.0 Å². The zero-order chi connectivity index (χ0) is 7.98. The number of hydrogen-bond acceptors (Lipinski definition) is 3. The summed E-state index contributed by atoms with van der Waals surface area (Å²) in [5.41, 5.74) is 0. The Balaban J connectivity index is 3.49. The van der Waals surface area contributed by atoms with E-state index in [4.69, 9.17) is 5.11 Å². The molecule has 0 aromatic carbocycles. The fourth-order valence-electron chi connectivity index (χ4n) is 0.431. The summed E-state index contributed by atoms with van der Waals surface area (Å²) >= 11 is 0. The van der Waals surface area contributed by atoms with Crippen molar-refractivity contribution in [1.82, 2.24) is 4.90 Å². The minimum absolute atomic E-state index is 0.193. The molecule has 0 rings (SSSR count). The molecule has 0 aliphatic rings. The fourth-order valence-corrected chi connectivity index (χ4v) is 0.431. The van der Waals surface area contributed by atoms with Crippen LogP contribution in [0.2, 0.25) is 0 Å². The van der Waals surface area contributed by atoms with Crippen molar-refractivity contribution in [3.63, 3.8) is 0 Å². The number of rotatable bonds is 3. The van der Waals surface area contributed by atoms with Crippen molar-refractivity contribution in [1.29, 1.82) is 0 Å². The Morgan fingerprint density at radius 1 is 1.80 bits per heavy atom. The molecule has 4 nitrogen and oxygen atoms in total. The maximum atomic E-state index is 10.7. The summed E-state index contributed by atoms with van der Waals surface area (Å²) in [7, 11) is 1.55. The Morgan fingerprint density at radius 2 is 2.40 bits per heavy atom. The van der Waals surface area contributed by atoms with Crippen molar-refractivity contribution in [3.05, 3.63) is 6.61 Å². The summed E-state index contributed by atoms with van der Waals surface area (Å²) in [4.78, 5) is 12.0. The molecule has 0 unspecified atom stereocenters. The van der Waals surface area contributed by atoms with Crippen LogP contribution in [0.25, 0.3) is 0 Å². The van der Waals surface area contributed by atoms with E-state index in [9.17, 15) is 4.79 Å². The van der Waals surface area contributed by atoms with Crippen LogP contribution in [0.1, 0.15) is 6.92 Å². The molecule has 59 valence electrons. The Labute approximate surface area is 60.4 Å². The number of likely N-dealkylation sites (N-methyl/N-ethyl adjacent to an activating group) is 1. The monoisotopic (exact) mass is 146 g/mol. The smallest absolute Gasteiger partial charge is 0.409 e. The lowest BCUT2D eigenvalue weighted by Crippen LogP contribution is -2.28. The van der Waals surface area contributed by atoms with Gasteiger partial charge in [0.15, 0.2) is 0 Å². The first-order chi connectivity index (χ1) is 4.72. The van der Waals surface area contributed by atoms with Gasteiger partial charge >= 0.3 is 6.09 Å². The lowest BCUT2D eigenvalue weighted by Gasteiger charge is -2.13. The second kappa shape index (κ2) is 5.05. The van der Waals surface area contributed by atoms with Gasteiger partial charge in [-0.15, -0.1) is 0 Å².